The predicted octanol–water partition coefficient (Wildman–Crippen LogP) is 1.65. The molecule has 1 heterocycles. The van der Waals surface area contributed by atoms with Gasteiger partial charge in [-0.05, 0) is 34.1 Å². The number of carbonyl (C=O) groups excluding carboxylic acids is 2. The van der Waals surface area contributed by atoms with Crippen LogP contribution in [0.15, 0.2) is 4.99 Å². The van der Waals surface area contributed by atoms with Crippen molar-refractivity contribution in [3.05, 3.63) is 0 Å². The Hall–Kier alpha value is -1.26. The van der Waals surface area contributed by atoms with Crippen molar-refractivity contribution in [2.45, 2.75) is 46.6 Å². The zero-order valence-corrected chi connectivity index (χ0v) is 19.0. The lowest BCUT2D eigenvalue weighted by Crippen LogP contribution is -2.53. The van der Waals surface area contributed by atoms with Crippen LogP contribution in [0.3, 0.4) is 0 Å². The molecule has 1 aliphatic rings. The number of carbonyl (C=O) groups is 2. The highest BCUT2D eigenvalue weighted by molar-refractivity contribution is 14.0. The molecule has 1 saturated heterocycles. The zero-order chi connectivity index (χ0) is 18.9. The Kier molecular flexibility index (Phi) is 11.6. The van der Waals surface area contributed by atoms with E-state index in [1.54, 1.807) is 6.92 Å². The third-order valence-electron chi connectivity index (χ3n) is 3.62. The topological polar surface area (TPSA) is 86.3 Å². The average molecular weight is 483 g/mol. The van der Waals surface area contributed by atoms with Gasteiger partial charge >= 0.3 is 6.09 Å². The van der Waals surface area contributed by atoms with Crippen molar-refractivity contribution >= 4 is 41.9 Å². The van der Waals surface area contributed by atoms with Gasteiger partial charge in [0.1, 0.15) is 5.60 Å². The van der Waals surface area contributed by atoms with Gasteiger partial charge in [0.25, 0.3) is 0 Å². The minimum absolute atomic E-state index is 0. The Morgan fingerprint density at radius 1 is 1.08 bits per heavy atom. The minimum atomic E-state index is -0.484. The summed E-state index contributed by atoms with van der Waals surface area (Å²) >= 11 is 0. The molecule has 2 N–H and O–H groups in total. The van der Waals surface area contributed by atoms with Crippen LogP contribution in [0.25, 0.3) is 0 Å². The molecule has 0 atom stereocenters. The molecule has 1 rings (SSSR count). The lowest BCUT2D eigenvalue weighted by molar-refractivity contribution is -0.130. The fraction of sp³-hybridized carbons (Fsp3) is 0.824. The lowest BCUT2D eigenvalue weighted by Gasteiger charge is -2.36. The average Bonchev–Trinajstić information content (AvgIpc) is 2.52. The van der Waals surface area contributed by atoms with Crippen LogP contribution in [0.2, 0.25) is 0 Å². The van der Waals surface area contributed by atoms with Gasteiger partial charge < -0.3 is 25.2 Å². The summed E-state index contributed by atoms with van der Waals surface area (Å²) in [6.45, 7) is 14.1. The number of hydrogen-bond donors (Lipinski definition) is 2. The van der Waals surface area contributed by atoms with Crippen LogP contribution in [0.1, 0.15) is 41.0 Å². The number of amides is 2. The molecule has 8 nitrogen and oxygen atoms in total. The molecule has 0 aromatic rings. The van der Waals surface area contributed by atoms with Crippen LogP contribution < -0.4 is 10.6 Å². The van der Waals surface area contributed by atoms with E-state index in [9.17, 15) is 9.59 Å². The number of rotatable bonds is 5. The van der Waals surface area contributed by atoms with Crippen molar-refractivity contribution in [2.24, 2.45) is 4.99 Å². The molecule has 0 bridgehead atoms. The van der Waals surface area contributed by atoms with Crippen molar-refractivity contribution in [1.29, 1.82) is 0 Å². The molecule has 0 unspecified atom stereocenters. The van der Waals surface area contributed by atoms with Crippen molar-refractivity contribution in [1.82, 2.24) is 20.4 Å². The summed E-state index contributed by atoms with van der Waals surface area (Å²) in [5.41, 5.74) is -0.484. The second-order valence-electron chi connectivity index (χ2n) is 7.01. The Balaban J connectivity index is 0.00000625. The Bertz CT molecular complexity index is 472. The van der Waals surface area contributed by atoms with Gasteiger partial charge in [-0.1, -0.05) is 0 Å². The van der Waals surface area contributed by atoms with Gasteiger partial charge in [0, 0.05) is 52.7 Å². The third-order valence-corrected chi connectivity index (χ3v) is 3.62. The Labute approximate surface area is 174 Å². The number of alkyl carbamates (subject to hydrolysis) is 1. The molecule has 0 spiro atoms. The highest BCUT2D eigenvalue weighted by Gasteiger charge is 2.20. The predicted molar refractivity (Wildman–Crippen MR) is 114 cm³/mol. The van der Waals surface area contributed by atoms with E-state index in [2.05, 4.69) is 20.5 Å². The number of piperazine rings is 1. The lowest BCUT2D eigenvalue weighted by atomic mass is 10.2. The maximum absolute atomic E-state index is 11.6. The van der Waals surface area contributed by atoms with E-state index in [4.69, 9.17) is 4.74 Å². The fourth-order valence-electron chi connectivity index (χ4n) is 2.43. The largest absolute Gasteiger partial charge is 0.444 e. The molecule has 0 aromatic carbocycles. The summed E-state index contributed by atoms with van der Waals surface area (Å²) in [4.78, 5) is 31.6. The van der Waals surface area contributed by atoms with Gasteiger partial charge in [-0.15, -0.1) is 24.0 Å². The molecule has 2 amide bonds. The van der Waals surface area contributed by atoms with Crippen LogP contribution in [0, 0.1) is 0 Å². The molecule has 0 radical (unpaired) electrons. The van der Waals surface area contributed by atoms with E-state index < -0.39 is 11.7 Å². The number of halogens is 1. The molecular weight excluding hydrogens is 449 g/mol. The summed E-state index contributed by atoms with van der Waals surface area (Å²) in [5, 5.41) is 6.02. The van der Waals surface area contributed by atoms with Gasteiger partial charge in [-0.3, -0.25) is 9.79 Å². The highest BCUT2D eigenvalue weighted by atomic mass is 127. The van der Waals surface area contributed by atoms with Crippen molar-refractivity contribution in [3.8, 4) is 0 Å². The summed E-state index contributed by atoms with van der Waals surface area (Å²) in [5.74, 6) is 0.984. The van der Waals surface area contributed by atoms with E-state index in [-0.39, 0.29) is 29.9 Å². The third kappa shape index (κ3) is 10.0. The fourth-order valence-corrected chi connectivity index (χ4v) is 2.43. The summed E-state index contributed by atoms with van der Waals surface area (Å²) in [6, 6.07) is 0. The second kappa shape index (κ2) is 12.2. The van der Waals surface area contributed by atoms with Crippen LogP contribution >= 0.6 is 24.0 Å². The normalized spacial score (nSPS) is 15.2. The smallest absolute Gasteiger partial charge is 0.407 e. The molecule has 9 heteroatoms. The van der Waals surface area contributed by atoms with Crippen LogP contribution in [0.5, 0.6) is 0 Å². The van der Waals surface area contributed by atoms with E-state index >= 15 is 0 Å². The number of nitrogens with one attached hydrogen (secondary N) is 2. The number of aliphatic imine (C=N–C) groups is 1. The summed E-state index contributed by atoms with van der Waals surface area (Å²) < 4.78 is 5.19. The molecule has 0 aliphatic carbocycles. The minimum Gasteiger partial charge on any atom is -0.444 e. The zero-order valence-electron chi connectivity index (χ0n) is 16.6. The first-order valence-electron chi connectivity index (χ1n) is 8.98. The second-order valence-corrected chi connectivity index (χ2v) is 7.01. The molecule has 0 aromatic heterocycles. The molecule has 0 saturated carbocycles. The van der Waals surface area contributed by atoms with E-state index in [1.165, 1.54) is 0 Å². The molecule has 152 valence electrons. The Morgan fingerprint density at radius 2 is 1.65 bits per heavy atom. The molecule has 1 aliphatic heterocycles. The van der Waals surface area contributed by atoms with Gasteiger partial charge in [0.05, 0.1) is 0 Å². The number of guanidine groups is 1. The van der Waals surface area contributed by atoms with Gasteiger partial charge in [-0.25, -0.2) is 4.79 Å². The van der Waals surface area contributed by atoms with Crippen molar-refractivity contribution < 1.29 is 14.3 Å². The number of nitrogens with zero attached hydrogens (tertiary/aromatic N) is 3. The monoisotopic (exact) mass is 483 g/mol. The van der Waals surface area contributed by atoms with Crippen LogP contribution in [-0.4, -0.2) is 79.2 Å². The van der Waals surface area contributed by atoms with Gasteiger partial charge in [0.2, 0.25) is 5.91 Å². The van der Waals surface area contributed by atoms with Crippen molar-refractivity contribution in [2.75, 3.05) is 45.8 Å². The number of hydrogen-bond acceptors (Lipinski definition) is 4. The van der Waals surface area contributed by atoms with Crippen LogP contribution in [0.4, 0.5) is 4.79 Å². The maximum Gasteiger partial charge on any atom is 0.407 e. The number of ether oxygens (including phenoxy) is 1. The SMILES string of the molecule is CCNC(=NCCCNC(=O)OC(C)(C)C)N1CCN(C(C)=O)CC1.I. The maximum atomic E-state index is 11.6. The summed E-state index contributed by atoms with van der Waals surface area (Å²) in [7, 11) is 0. The van der Waals surface area contributed by atoms with E-state index in [0.29, 0.717) is 13.1 Å². The van der Waals surface area contributed by atoms with E-state index in [0.717, 1.165) is 45.1 Å². The van der Waals surface area contributed by atoms with Crippen molar-refractivity contribution in [3.63, 3.8) is 0 Å². The first-order valence-corrected chi connectivity index (χ1v) is 8.98. The quantitative estimate of drug-likeness (QED) is 0.269. The van der Waals surface area contributed by atoms with Crippen LogP contribution in [-0.2, 0) is 9.53 Å². The van der Waals surface area contributed by atoms with Gasteiger partial charge in [-0.2, -0.15) is 0 Å². The first kappa shape index (κ1) is 24.7. The standard InChI is InChI=1S/C17H33N5O3.HI/c1-6-18-15(22-12-10-21(11-13-22)14(2)23)19-8-7-9-20-16(24)25-17(3,4)5;/h6-13H2,1-5H3,(H,18,19)(H,20,24);1H. The Morgan fingerprint density at radius 3 is 2.15 bits per heavy atom. The molecular formula is C17H34IN5O3. The first-order chi connectivity index (χ1) is 11.7. The highest BCUT2D eigenvalue weighted by Crippen LogP contribution is 2.06. The molecule has 26 heavy (non-hydrogen) atoms. The summed E-state index contributed by atoms with van der Waals surface area (Å²) in [6.07, 6.45) is 0.338. The van der Waals surface area contributed by atoms with Gasteiger partial charge in [0.15, 0.2) is 5.96 Å². The van der Waals surface area contributed by atoms with E-state index in [1.807, 2.05) is 32.6 Å². The molecule has 1 fully saturated rings.